The van der Waals surface area contributed by atoms with Crippen LogP contribution in [0.3, 0.4) is 0 Å². The number of methoxy groups -OCH3 is 1. The van der Waals surface area contributed by atoms with E-state index in [-0.39, 0.29) is 12.1 Å². The van der Waals surface area contributed by atoms with Gasteiger partial charge in [0.2, 0.25) is 0 Å². The highest BCUT2D eigenvalue weighted by Gasteiger charge is 2.47. The molecule has 6 nitrogen and oxygen atoms in total. The van der Waals surface area contributed by atoms with Gasteiger partial charge in [0, 0.05) is 25.6 Å². The van der Waals surface area contributed by atoms with E-state index in [0.29, 0.717) is 24.3 Å². The Morgan fingerprint density at radius 3 is 2.81 bits per heavy atom. The van der Waals surface area contributed by atoms with E-state index in [4.69, 9.17) is 4.74 Å². The molecule has 0 unspecified atom stereocenters. The average Bonchev–Trinajstić information content (AvgIpc) is 2.83. The Bertz CT molecular complexity index is 870. The molecule has 3 heterocycles. The molecule has 0 radical (unpaired) electrons. The number of benzene rings is 1. The number of fused-ring (bicyclic) bond motifs is 6. The van der Waals surface area contributed by atoms with Gasteiger partial charge in [-0.2, -0.15) is 0 Å². The van der Waals surface area contributed by atoms with E-state index in [1.807, 2.05) is 35.2 Å². The number of hydrogen-bond acceptors (Lipinski definition) is 4. The highest BCUT2D eigenvalue weighted by molar-refractivity contribution is 5.84. The second kappa shape index (κ2) is 9.26. The highest BCUT2D eigenvalue weighted by Crippen LogP contribution is 2.45. The van der Waals surface area contributed by atoms with E-state index in [1.165, 1.54) is 44.9 Å². The van der Waals surface area contributed by atoms with Crippen LogP contribution < -0.4 is 5.32 Å². The fourth-order valence-electron chi connectivity index (χ4n) is 6.62. The van der Waals surface area contributed by atoms with Gasteiger partial charge in [0.1, 0.15) is 6.04 Å². The molecule has 0 aromatic heterocycles. The molecule has 4 aliphatic rings. The number of nitrogens with zero attached hydrogens (tertiary/aromatic N) is 2. The van der Waals surface area contributed by atoms with Crippen LogP contribution in [0.15, 0.2) is 42.0 Å². The Morgan fingerprint density at radius 1 is 1.16 bits per heavy atom. The molecule has 1 N–H and O–H groups in total. The van der Waals surface area contributed by atoms with E-state index >= 15 is 0 Å². The summed E-state index contributed by atoms with van der Waals surface area (Å²) in [5, 5.41) is 3.02. The molecule has 172 valence electrons. The summed E-state index contributed by atoms with van der Waals surface area (Å²) in [6.45, 7) is 3.04. The third-order valence-corrected chi connectivity index (χ3v) is 7.98. The molecule has 1 aliphatic carbocycles. The molecule has 5 atom stereocenters. The Kier molecular flexibility index (Phi) is 6.22. The zero-order valence-corrected chi connectivity index (χ0v) is 19.0. The van der Waals surface area contributed by atoms with Crippen LogP contribution in [-0.2, 0) is 16.0 Å². The van der Waals surface area contributed by atoms with Gasteiger partial charge in [-0.3, -0.25) is 4.90 Å². The topological polar surface area (TPSA) is 61.9 Å². The summed E-state index contributed by atoms with van der Waals surface area (Å²) in [7, 11) is 1.38. The van der Waals surface area contributed by atoms with Crippen molar-refractivity contribution < 1.29 is 14.3 Å². The molecule has 3 aliphatic heterocycles. The van der Waals surface area contributed by atoms with Crippen LogP contribution >= 0.6 is 0 Å². The lowest BCUT2D eigenvalue weighted by Crippen LogP contribution is -2.62. The maximum absolute atomic E-state index is 13.5. The minimum Gasteiger partial charge on any atom is -0.467 e. The number of piperidine rings is 3. The molecular weight excluding hydrogens is 402 g/mol. The van der Waals surface area contributed by atoms with Crippen LogP contribution in [0, 0.1) is 11.8 Å². The lowest BCUT2D eigenvalue weighted by Gasteiger charge is -2.54. The second-order valence-corrected chi connectivity index (χ2v) is 9.92. The predicted octanol–water partition coefficient (Wildman–Crippen LogP) is 3.38. The van der Waals surface area contributed by atoms with Crippen LogP contribution in [-0.4, -0.2) is 66.7 Å². The Labute approximate surface area is 191 Å². The third kappa shape index (κ3) is 4.17. The molecule has 32 heavy (non-hydrogen) atoms. The van der Waals surface area contributed by atoms with Crippen LogP contribution in [0.4, 0.5) is 4.79 Å². The van der Waals surface area contributed by atoms with Crippen LogP contribution in [0.25, 0.3) is 0 Å². The van der Waals surface area contributed by atoms with E-state index in [2.05, 4.69) is 16.3 Å². The lowest BCUT2D eigenvalue weighted by molar-refractivity contribution is -0.142. The van der Waals surface area contributed by atoms with Crippen LogP contribution in [0.5, 0.6) is 0 Å². The van der Waals surface area contributed by atoms with Gasteiger partial charge in [0.25, 0.3) is 0 Å². The van der Waals surface area contributed by atoms with E-state index in [9.17, 15) is 9.59 Å². The van der Waals surface area contributed by atoms with Crippen molar-refractivity contribution in [2.75, 3.05) is 26.7 Å². The molecule has 1 aromatic carbocycles. The fourth-order valence-corrected chi connectivity index (χ4v) is 6.62. The summed E-state index contributed by atoms with van der Waals surface area (Å²) in [5.74, 6) is 0.739. The van der Waals surface area contributed by atoms with E-state index in [0.717, 1.165) is 31.5 Å². The Morgan fingerprint density at radius 2 is 2.00 bits per heavy atom. The summed E-state index contributed by atoms with van der Waals surface area (Å²) in [6.07, 6.45) is 10.2. The molecule has 3 fully saturated rings. The number of carbonyl (C=O) groups excluding carboxylic acids is 2. The molecule has 0 saturated carbocycles. The smallest absolute Gasteiger partial charge is 0.328 e. The quantitative estimate of drug-likeness (QED) is 0.580. The molecule has 1 aromatic rings. The minimum absolute atomic E-state index is 0.133. The van der Waals surface area contributed by atoms with Crippen molar-refractivity contribution in [3.8, 4) is 0 Å². The number of esters is 1. The zero-order chi connectivity index (χ0) is 22.1. The minimum atomic E-state index is -0.682. The molecule has 6 heteroatoms. The summed E-state index contributed by atoms with van der Waals surface area (Å²) in [6, 6.07) is 9.84. The first-order chi connectivity index (χ1) is 15.6. The van der Waals surface area contributed by atoms with Gasteiger partial charge in [-0.05, 0) is 56.0 Å². The highest BCUT2D eigenvalue weighted by atomic mass is 16.5. The van der Waals surface area contributed by atoms with Gasteiger partial charge in [-0.15, -0.1) is 0 Å². The van der Waals surface area contributed by atoms with Crippen molar-refractivity contribution in [3.05, 3.63) is 47.5 Å². The molecule has 0 spiro atoms. The fraction of sp³-hybridized carbons (Fsp3) is 0.615. The first-order valence-electron chi connectivity index (χ1n) is 12.3. The monoisotopic (exact) mass is 437 g/mol. The van der Waals surface area contributed by atoms with Crippen molar-refractivity contribution >= 4 is 12.0 Å². The van der Waals surface area contributed by atoms with Crippen LogP contribution in [0.1, 0.15) is 44.1 Å². The lowest BCUT2D eigenvalue weighted by atomic mass is 9.68. The summed E-state index contributed by atoms with van der Waals surface area (Å²) in [4.78, 5) is 30.7. The number of likely N-dealkylation sites (tertiary alicyclic amines) is 1. The normalized spacial score (nSPS) is 30.4. The number of nitrogens with one attached hydrogen (secondary N) is 1. The molecular formula is C26H35N3O3. The van der Waals surface area contributed by atoms with Crippen molar-refractivity contribution in [1.82, 2.24) is 15.1 Å². The summed E-state index contributed by atoms with van der Waals surface area (Å²) in [5.41, 5.74) is 2.46. The molecule has 2 bridgehead atoms. The number of urea groups is 1. The first-order valence-corrected chi connectivity index (χ1v) is 12.3. The summed E-state index contributed by atoms with van der Waals surface area (Å²) < 4.78 is 5.01. The number of ether oxygens (including phenoxy) is 1. The standard InChI is InChI=1S/C26H35N3O3/c1-32-25(30)22(14-18-8-3-2-4-9-18)27-26(31)29-13-7-10-19-15-20-16-21(24(19)29)17-28-12-6-5-11-23(20)28/h2-4,8-9,15,20-24H,5-7,10-14,16-17H2,1H3,(H,27,31)/t20-,21-,22-,23-,24-/m0/s1. The average molecular weight is 438 g/mol. The second-order valence-electron chi connectivity index (χ2n) is 9.92. The third-order valence-electron chi connectivity index (χ3n) is 7.98. The summed E-state index contributed by atoms with van der Waals surface area (Å²) >= 11 is 0. The van der Waals surface area contributed by atoms with Gasteiger partial charge in [-0.1, -0.05) is 48.4 Å². The molecule has 2 amide bonds. The first kappa shape index (κ1) is 21.5. The zero-order valence-electron chi connectivity index (χ0n) is 19.0. The van der Waals surface area contributed by atoms with E-state index in [1.54, 1.807) is 0 Å². The molecule has 3 saturated heterocycles. The maximum atomic E-state index is 13.5. The Hall–Kier alpha value is -2.34. The number of hydrogen-bond donors (Lipinski definition) is 1. The SMILES string of the molecule is COC(=O)[C@H](Cc1ccccc1)NC(=O)N1CCCC2=C[C@H]3C[C@@H](CN4CCCC[C@@H]34)[C@H]21. The number of carbonyl (C=O) groups is 2. The largest absolute Gasteiger partial charge is 0.467 e. The van der Waals surface area contributed by atoms with Gasteiger partial charge in [0.15, 0.2) is 0 Å². The van der Waals surface area contributed by atoms with Crippen LogP contribution in [0.2, 0.25) is 0 Å². The molecule has 5 rings (SSSR count). The Balaban J connectivity index is 1.34. The van der Waals surface area contributed by atoms with Crippen molar-refractivity contribution in [1.29, 1.82) is 0 Å². The van der Waals surface area contributed by atoms with Crippen molar-refractivity contribution in [2.24, 2.45) is 11.8 Å². The van der Waals surface area contributed by atoms with Gasteiger partial charge >= 0.3 is 12.0 Å². The van der Waals surface area contributed by atoms with Gasteiger partial charge in [-0.25, -0.2) is 9.59 Å². The van der Waals surface area contributed by atoms with Crippen molar-refractivity contribution in [3.63, 3.8) is 0 Å². The van der Waals surface area contributed by atoms with Gasteiger partial charge < -0.3 is 15.0 Å². The van der Waals surface area contributed by atoms with E-state index < -0.39 is 12.0 Å². The number of amides is 2. The number of rotatable bonds is 4. The predicted molar refractivity (Wildman–Crippen MR) is 123 cm³/mol. The van der Waals surface area contributed by atoms with Crippen molar-refractivity contribution in [2.45, 2.75) is 63.1 Å². The van der Waals surface area contributed by atoms with Gasteiger partial charge in [0.05, 0.1) is 13.2 Å². The maximum Gasteiger partial charge on any atom is 0.328 e.